The van der Waals surface area contributed by atoms with Gasteiger partial charge in [-0.15, -0.1) is 11.3 Å². The van der Waals surface area contributed by atoms with E-state index in [9.17, 15) is 4.39 Å². The summed E-state index contributed by atoms with van der Waals surface area (Å²) in [7, 11) is 0. The molecule has 0 bridgehead atoms. The Balaban J connectivity index is 2.21. The molecule has 1 aromatic carbocycles. The molecule has 2 aromatic rings. The monoisotopic (exact) mass is 314 g/mol. The summed E-state index contributed by atoms with van der Waals surface area (Å²) in [5.74, 6) is -0.266. The minimum absolute atomic E-state index is 0.0202. The summed E-state index contributed by atoms with van der Waals surface area (Å²) in [5, 5.41) is 6.13. The average Bonchev–Trinajstić information content (AvgIpc) is 2.70. The molecule has 0 aliphatic rings. The molecule has 1 heterocycles. The van der Waals surface area contributed by atoms with Gasteiger partial charge in [0.25, 0.3) is 0 Å². The molecule has 0 amide bonds. The Bertz CT molecular complexity index is 507. The molecule has 17 heavy (non-hydrogen) atoms. The normalized spacial score (nSPS) is 12.5. The maximum absolute atomic E-state index is 13.6. The summed E-state index contributed by atoms with van der Waals surface area (Å²) in [6.07, 6.45) is 0. The molecule has 90 valence electrons. The van der Waals surface area contributed by atoms with Crippen molar-refractivity contribution >= 4 is 33.0 Å². The van der Waals surface area contributed by atoms with Gasteiger partial charge in [0.15, 0.2) is 0 Å². The Morgan fingerprint density at radius 2 is 2.24 bits per heavy atom. The molecule has 0 radical (unpaired) electrons. The summed E-state index contributed by atoms with van der Waals surface area (Å²) in [6.45, 7) is 3.92. The first-order valence-corrected chi connectivity index (χ1v) is 6.88. The van der Waals surface area contributed by atoms with E-state index in [-0.39, 0.29) is 11.9 Å². The molecule has 0 fully saturated rings. The first-order valence-electron chi connectivity index (χ1n) is 5.20. The third kappa shape index (κ3) is 2.84. The van der Waals surface area contributed by atoms with Gasteiger partial charge in [-0.05, 0) is 41.9 Å². The van der Waals surface area contributed by atoms with E-state index in [1.165, 1.54) is 6.07 Å². The largest absolute Gasteiger partial charge is 0.374 e. The van der Waals surface area contributed by atoms with Gasteiger partial charge in [0.1, 0.15) is 5.82 Å². The zero-order valence-corrected chi connectivity index (χ0v) is 11.9. The van der Waals surface area contributed by atoms with Crippen LogP contribution in [0.3, 0.4) is 0 Å². The lowest BCUT2D eigenvalue weighted by Crippen LogP contribution is -2.09. The topological polar surface area (TPSA) is 24.9 Å². The molecule has 2 nitrogen and oxygen atoms in total. The number of nitrogens with zero attached hydrogens (tertiary/aromatic N) is 1. The van der Waals surface area contributed by atoms with Gasteiger partial charge < -0.3 is 5.32 Å². The molecule has 1 N–H and O–H groups in total. The lowest BCUT2D eigenvalue weighted by atomic mass is 10.2. The van der Waals surface area contributed by atoms with Crippen LogP contribution in [-0.4, -0.2) is 4.98 Å². The Morgan fingerprint density at radius 1 is 1.47 bits per heavy atom. The third-order valence-corrected chi connectivity index (χ3v) is 3.86. The minimum Gasteiger partial charge on any atom is -0.374 e. The Labute approximate surface area is 112 Å². The number of anilines is 1. The average molecular weight is 315 g/mol. The highest BCUT2D eigenvalue weighted by Gasteiger charge is 2.13. The molecule has 5 heteroatoms. The van der Waals surface area contributed by atoms with Gasteiger partial charge in [-0.25, -0.2) is 9.37 Å². The molecule has 0 saturated heterocycles. The van der Waals surface area contributed by atoms with Crippen LogP contribution < -0.4 is 5.32 Å². The van der Waals surface area contributed by atoms with Crippen molar-refractivity contribution in [3.05, 3.63) is 44.6 Å². The smallest absolute Gasteiger partial charge is 0.147 e. The van der Waals surface area contributed by atoms with Gasteiger partial charge in [-0.2, -0.15) is 0 Å². The maximum Gasteiger partial charge on any atom is 0.147 e. The summed E-state index contributed by atoms with van der Waals surface area (Å²) in [5.41, 5.74) is 1.41. The predicted molar refractivity (Wildman–Crippen MR) is 73.0 cm³/mol. The van der Waals surface area contributed by atoms with Crippen LogP contribution in [0.1, 0.15) is 23.7 Å². The van der Waals surface area contributed by atoms with Crippen molar-refractivity contribution in [2.75, 3.05) is 5.32 Å². The highest BCUT2D eigenvalue weighted by atomic mass is 79.9. The van der Waals surface area contributed by atoms with E-state index in [2.05, 4.69) is 26.2 Å². The number of hydrogen-bond donors (Lipinski definition) is 1. The van der Waals surface area contributed by atoms with Gasteiger partial charge in [0.05, 0.1) is 22.4 Å². The van der Waals surface area contributed by atoms with Crippen LogP contribution in [0, 0.1) is 12.7 Å². The molecule has 1 aromatic heterocycles. The molecule has 1 unspecified atom stereocenters. The number of para-hydroxylation sites is 1. The Kier molecular flexibility index (Phi) is 3.79. The van der Waals surface area contributed by atoms with Gasteiger partial charge >= 0.3 is 0 Å². The molecule has 0 aliphatic carbocycles. The minimum atomic E-state index is -0.266. The number of halogens is 2. The van der Waals surface area contributed by atoms with Gasteiger partial charge in [-0.3, -0.25) is 0 Å². The lowest BCUT2D eigenvalue weighted by Gasteiger charge is -2.15. The number of aromatic nitrogens is 1. The second kappa shape index (κ2) is 5.14. The number of hydrogen-bond acceptors (Lipinski definition) is 3. The molecular formula is C12H12BrFN2S. The fourth-order valence-electron chi connectivity index (χ4n) is 1.51. The second-order valence-corrected chi connectivity index (χ2v) is 5.67. The first kappa shape index (κ1) is 12.5. The van der Waals surface area contributed by atoms with Crippen LogP contribution in [0.25, 0.3) is 0 Å². The van der Waals surface area contributed by atoms with Crippen molar-refractivity contribution in [2.45, 2.75) is 19.9 Å². The molecule has 0 spiro atoms. The maximum atomic E-state index is 13.6. The van der Waals surface area contributed by atoms with Crippen LogP contribution in [-0.2, 0) is 0 Å². The number of benzene rings is 1. The van der Waals surface area contributed by atoms with Crippen molar-refractivity contribution in [2.24, 2.45) is 0 Å². The van der Waals surface area contributed by atoms with Crippen LogP contribution in [0.4, 0.5) is 10.1 Å². The SMILES string of the molecule is Cc1nc(C(C)Nc2c(F)cccc2Br)cs1. The standard InChI is InChI=1S/C12H12BrFN2S/c1-7(11-6-17-8(2)16-11)15-12-9(13)4-3-5-10(12)14/h3-7,15H,1-2H3. The zero-order valence-electron chi connectivity index (χ0n) is 9.50. The predicted octanol–water partition coefficient (Wildman–Crippen LogP) is 4.53. The van der Waals surface area contributed by atoms with E-state index >= 15 is 0 Å². The number of rotatable bonds is 3. The summed E-state index contributed by atoms with van der Waals surface area (Å²) in [4.78, 5) is 4.38. The fourth-order valence-corrected chi connectivity index (χ4v) is 2.67. The zero-order chi connectivity index (χ0) is 12.4. The molecule has 2 rings (SSSR count). The number of aryl methyl sites for hydroxylation is 1. The van der Waals surface area contributed by atoms with Crippen molar-refractivity contribution in [3.63, 3.8) is 0 Å². The molecule has 1 atom stereocenters. The van der Waals surface area contributed by atoms with E-state index in [4.69, 9.17) is 0 Å². The second-order valence-electron chi connectivity index (χ2n) is 3.75. The van der Waals surface area contributed by atoms with Crippen molar-refractivity contribution in [1.82, 2.24) is 4.98 Å². The van der Waals surface area contributed by atoms with Crippen LogP contribution in [0.15, 0.2) is 28.1 Å². The molecule has 0 aliphatic heterocycles. The van der Waals surface area contributed by atoms with E-state index < -0.39 is 0 Å². The molecule has 0 saturated carbocycles. The number of thiazole rings is 1. The summed E-state index contributed by atoms with van der Waals surface area (Å²) >= 11 is 4.93. The third-order valence-electron chi connectivity index (χ3n) is 2.40. The van der Waals surface area contributed by atoms with Crippen LogP contribution >= 0.6 is 27.3 Å². The summed E-state index contributed by atoms with van der Waals surface area (Å²) < 4.78 is 14.3. The van der Waals surface area contributed by atoms with E-state index in [1.54, 1.807) is 17.4 Å². The first-order chi connectivity index (χ1) is 8.08. The van der Waals surface area contributed by atoms with E-state index in [1.807, 2.05) is 25.3 Å². The van der Waals surface area contributed by atoms with Crippen molar-refractivity contribution < 1.29 is 4.39 Å². The van der Waals surface area contributed by atoms with Crippen LogP contribution in [0.5, 0.6) is 0 Å². The Hall–Kier alpha value is -0.940. The van der Waals surface area contributed by atoms with Crippen molar-refractivity contribution in [3.8, 4) is 0 Å². The molecular weight excluding hydrogens is 303 g/mol. The number of nitrogens with one attached hydrogen (secondary N) is 1. The fraction of sp³-hybridized carbons (Fsp3) is 0.250. The van der Waals surface area contributed by atoms with Gasteiger partial charge in [0.2, 0.25) is 0 Å². The van der Waals surface area contributed by atoms with Crippen LogP contribution in [0.2, 0.25) is 0 Å². The quantitative estimate of drug-likeness (QED) is 0.900. The van der Waals surface area contributed by atoms with Gasteiger partial charge in [-0.1, -0.05) is 6.07 Å². The van der Waals surface area contributed by atoms with E-state index in [0.717, 1.165) is 15.2 Å². The van der Waals surface area contributed by atoms with Crippen molar-refractivity contribution in [1.29, 1.82) is 0 Å². The highest BCUT2D eigenvalue weighted by molar-refractivity contribution is 9.10. The lowest BCUT2D eigenvalue weighted by molar-refractivity contribution is 0.626. The van der Waals surface area contributed by atoms with E-state index in [0.29, 0.717) is 5.69 Å². The Morgan fingerprint density at radius 3 is 2.82 bits per heavy atom. The summed E-state index contributed by atoms with van der Waals surface area (Å²) in [6, 6.07) is 4.90. The highest BCUT2D eigenvalue weighted by Crippen LogP contribution is 2.29. The van der Waals surface area contributed by atoms with Gasteiger partial charge in [0, 0.05) is 9.85 Å².